The number of aryl methyl sites for hydroxylation is 1. The number of carbonyl (C=O) groups is 1. The van der Waals surface area contributed by atoms with Gasteiger partial charge in [-0.25, -0.2) is 4.79 Å². The minimum atomic E-state index is -0.323. The molecule has 0 radical (unpaired) electrons. The van der Waals surface area contributed by atoms with E-state index in [1.54, 1.807) is 23.9 Å². The number of nitrogens with zero attached hydrogens (tertiary/aromatic N) is 2. The highest BCUT2D eigenvalue weighted by atomic mass is 16.5. The maximum Gasteiger partial charge on any atom is 0.330 e. The number of aromatic nitrogens is 2. The number of carbonyl (C=O) groups excluding carboxylic acids is 1. The monoisotopic (exact) mass is 194 g/mol. The van der Waals surface area contributed by atoms with Gasteiger partial charge in [-0.2, -0.15) is 5.10 Å². The van der Waals surface area contributed by atoms with Crippen molar-refractivity contribution < 1.29 is 9.53 Å². The van der Waals surface area contributed by atoms with Gasteiger partial charge in [0, 0.05) is 24.4 Å². The minimum Gasteiger partial charge on any atom is -0.463 e. The van der Waals surface area contributed by atoms with Gasteiger partial charge in [-0.15, -0.1) is 0 Å². The summed E-state index contributed by atoms with van der Waals surface area (Å²) in [4.78, 5) is 11.0. The molecular formula is C10H14N2O2. The first-order chi connectivity index (χ1) is 6.65. The molecule has 1 aromatic rings. The van der Waals surface area contributed by atoms with E-state index in [-0.39, 0.29) is 5.97 Å². The Morgan fingerprint density at radius 3 is 2.93 bits per heavy atom. The average molecular weight is 194 g/mol. The van der Waals surface area contributed by atoms with E-state index in [0.717, 1.165) is 11.3 Å². The fraction of sp³-hybridized carbons (Fsp3) is 0.400. The van der Waals surface area contributed by atoms with Crippen molar-refractivity contribution >= 4 is 12.0 Å². The lowest BCUT2D eigenvalue weighted by atomic mass is 10.2. The zero-order valence-corrected chi connectivity index (χ0v) is 8.65. The van der Waals surface area contributed by atoms with Gasteiger partial charge < -0.3 is 4.74 Å². The highest BCUT2D eigenvalue weighted by Gasteiger charge is 2.00. The van der Waals surface area contributed by atoms with Crippen molar-refractivity contribution in [1.82, 2.24) is 9.78 Å². The Morgan fingerprint density at radius 2 is 2.43 bits per heavy atom. The van der Waals surface area contributed by atoms with Crippen LogP contribution in [0.3, 0.4) is 0 Å². The zero-order valence-electron chi connectivity index (χ0n) is 8.65. The van der Waals surface area contributed by atoms with E-state index in [9.17, 15) is 4.79 Å². The standard InChI is InChI=1S/C10H14N2O2/c1-4-14-10(13)6-5-9-7-11-12(3)8(9)2/h5-7H,4H2,1-3H3. The van der Waals surface area contributed by atoms with Gasteiger partial charge in [0.1, 0.15) is 0 Å². The van der Waals surface area contributed by atoms with Crippen molar-refractivity contribution in [2.24, 2.45) is 7.05 Å². The van der Waals surface area contributed by atoms with E-state index in [4.69, 9.17) is 4.74 Å². The van der Waals surface area contributed by atoms with Crippen LogP contribution >= 0.6 is 0 Å². The largest absolute Gasteiger partial charge is 0.463 e. The van der Waals surface area contributed by atoms with Crippen LogP contribution < -0.4 is 0 Å². The first-order valence-corrected chi connectivity index (χ1v) is 4.48. The molecule has 0 aliphatic heterocycles. The van der Waals surface area contributed by atoms with Gasteiger partial charge in [0.25, 0.3) is 0 Å². The van der Waals surface area contributed by atoms with Crippen LogP contribution in [0.15, 0.2) is 12.3 Å². The van der Waals surface area contributed by atoms with Crippen LogP contribution in [0.5, 0.6) is 0 Å². The molecule has 0 saturated carbocycles. The summed E-state index contributed by atoms with van der Waals surface area (Å²) in [6.07, 6.45) is 4.83. The van der Waals surface area contributed by atoms with Crippen LogP contribution in [0.2, 0.25) is 0 Å². The highest BCUT2D eigenvalue weighted by molar-refractivity contribution is 5.87. The first-order valence-electron chi connectivity index (χ1n) is 4.48. The molecule has 0 atom stereocenters. The third-order valence-electron chi connectivity index (χ3n) is 1.96. The molecule has 76 valence electrons. The van der Waals surface area contributed by atoms with Gasteiger partial charge in [0.05, 0.1) is 12.8 Å². The molecule has 0 aliphatic rings. The minimum absolute atomic E-state index is 0.323. The summed E-state index contributed by atoms with van der Waals surface area (Å²) >= 11 is 0. The maximum atomic E-state index is 11.0. The Bertz CT molecular complexity index is 353. The lowest BCUT2D eigenvalue weighted by molar-refractivity contribution is -0.137. The fourth-order valence-corrected chi connectivity index (χ4v) is 1.03. The van der Waals surface area contributed by atoms with Gasteiger partial charge in [0.2, 0.25) is 0 Å². The Morgan fingerprint density at radius 1 is 1.71 bits per heavy atom. The van der Waals surface area contributed by atoms with Gasteiger partial charge >= 0.3 is 5.97 Å². The Hall–Kier alpha value is -1.58. The summed E-state index contributed by atoms with van der Waals surface area (Å²) < 4.78 is 6.51. The summed E-state index contributed by atoms with van der Waals surface area (Å²) in [6, 6.07) is 0. The number of hydrogen-bond donors (Lipinski definition) is 0. The Kier molecular flexibility index (Phi) is 3.45. The summed E-state index contributed by atoms with van der Waals surface area (Å²) in [7, 11) is 1.86. The molecule has 0 amide bonds. The predicted molar refractivity (Wildman–Crippen MR) is 53.6 cm³/mol. The number of esters is 1. The van der Waals surface area contributed by atoms with E-state index in [0.29, 0.717) is 6.61 Å². The van der Waals surface area contributed by atoms with E-state index in [1.165, 1.54) is 6.08 Å². The number of hydrogen-bond acceptors (Lipinski definition) is 3. The van der Waals surface area contributed by atoms with Crippen LogP contribution in [0.1, 0.15) is 18.2 Å². The predicted octanol–water partition coefficient (Wildman–Crippen LogP) is 1.30. The second kappa shape index (κ2) is 4.60. The topological polar surface area (TPSA) is 44.1 Å². The van der Waals surface area contributed by atoms with Crippen molar-refractivity contribution in [3.05, 3.63) is 23.5 Å². The SMILES string of the molecule is CCOC(=O)C=Cc1cnn(C)c1C. The van der Waals surface area contributed by atoms with E-state index in [1.807, 2.05) is 14.0 Å². The molecule has 1 heterocycles. The Labute approximate surface area is 83.2 Å². The molecule has 1 aromatic heterocycles. The molecule has 1 rings (SSSR count). The normalized spacial score (nSPS) is 10.8. The van der Waals surface area contributed by atoms with Gasteiger partial charge in [-0.1, -0.05) is 0 Å². The molecule has 4 heteroatoms. The lowest BCUT2D eigenvalue weighted by Crippen LogP contribution is -1.98. The molecule has 0 fully saturated rings. The fourth-order valence-electron chi connectivity index (χ4n) is 1.03. The zero-order chi connectivity index (χ0) is 10.6. The van der Waals surface area contributed by atoms with E-state index >= 15 is 0 Å². The third kappa shape index (κ3) is 2.45. The molecular weight excluding hydrogens is 180 g/mol. The second-order valence-corrected chi connectivity index (χ2v) is 2.89. The number of rotatable bonds is 3. The first kappa shape index (κ1) is 10.5. The smallest absolute Gasteiger partial charge is 0.330 e. The third-order valence-corrected chi connectivity index (χ3v) is 1.96. The molecule has 0 aromatic carbocycles. The summed E-state index contributed by atoms with van der Waals surface area (Å²) in [5.74, 6) is -0.323. The van der Waals surface area contributed by atoms with Crippen LogP contribution in [0.4, 0.5) is 0 Å². The summed E-state index contributed by atoms with van der Waals surface area (Å²) in [5.41, 5.74) is 1.95. The average Bonchev–Trinajstić information content (AvgIpc) is 2.46. The highest BCUT2D eigenvalue weighted by Crippen LogP contribution is 2.07. The van der Waals surface area contributed by atoms with Crippen molar-refractivity contribution in [2.45, 2.75) is 13.8 Å². The van der Waals surface area contributed by atoms with Gasteiger partial charge in [0.15, 0.2) is 0 Å². The molecule has 0 unspecified atom stereocenters. The van der Waals surface area contributed by atoms with Gasteiger partial charge in [-0.3, -0.25) is 4.68 Å². The lowest BCUT2D eigenvalue weighted by Gasteiger charge is -1.95. The van der Waals surface area contributed by atoms with E-state index < -0.39 is 0 Å². The van der Waals surface area contributed by atoms with Crippen LogP contribution in [0, 0.1) is 6.92 Å². The summed E-state index contributed by atoms with van der Waals surface area (Å²) in [5, 5.41) is 4.05. The molecule has 4 nitrogen and oxygen atoms in total. The van der Waals surface area contributed by atoms with Crippen molar-refractivity contribution in [1.29, 1.82) is 0 Å². The maximum absolute atomic E-state index is 11.0. The molecule has 0 bridgehead atoms. The van der Waals surface area contributed by atoms with Crippen LogP contribution in [0.25, 0.3) is 6.08 Å². The van der Waals surface area contributed by atoms with Gasteiger partial charge in [-0.05, 0) is 19.9 Å². The van der Waals surface area contributed by atoms with Crippen molar-refractivity contribution in [3.63, 3.8) is 0 Å². The van der Waals surface area contributed by atoms with Crippen LogP contribution in [-0.2, 0) is 16.6 Å². The number of ether oxygens (including phenoxy) is 1. The Balaban J connectivity index is 2.69. The quantitative estimate of drug-likeness (QED) is 0.538. The van der Waals surface area contributed by atoms with E-state index in [2.05, 4.69) is 5.10 Å². The molecule has 0 spiro atoms. The van der Waals surface area contributed by atoms with Crippen molar-refractivity contribution in [2.75, 3.05) is 6.61 Å². The summed E-state index contributed by atoms with van der Waals surface area (Å²) in [6.45, 7) is 4.12. The van der Waals surface area contributed by atoms with Crippen molar-refractivity contribution in [3.8, 4) is 0 Å². The molecule has 14 heavy (non-hydrogen) atoms. The second-order valence-electron chi connectivity index (χ2n) is 2.89. The molecule has 0 saturated heterocycles. The molecule has 0 aliphatic carbocycles. The van der Waals surface area contributed by atoms with Crippen LogP contribution in [-0.4, -0.2) is 22.4 Å². The molecule has 0 N–H and O–H groups in total.